The van der Waals surface area contributed by atoms with Gasteiger partial charge in [0.25, 0.3) is 16.1 Å². The summed E-state index contributed by atoms with van der Waals surface area (Å²) in [6.07, 6.45) is 3.43. The van der Waals surface area contributed by atoms with Gasteiger partial charge in [-0.2, -0.15) is 17.4 Å². The van der Waals surface area contributed by atoms with Gasteiger partial charge in [0.15, 0.2) is 0 Å². The average Bonchev–Trinajstić information content (AvgIpc) is 3.64. The number of hydrogen-bond donors (Lipinski definition) is 2. The molecule has 4 rings (SSSR count). The monoisotopic (exact) mass is 475 g/mol. The molecule has 0 aromatic heterocycles. The molecular formula is C24H30FN3O4S. The van der Waals surface area contributed by atoms with Crippen molar-refractivity contribution >= 4 is 16.1 Å². The van der Waals surface area contributed by atoms with Crippen LogP contribution >= 0.6 is 0 Å². The van der Waals surface area contributed by atoms with Gasteiger partial charge in [0.05, 0.1) is 12.7 Å². The zero-order chi connectivity index (χ0) is 23.5. The van der Waals surface area contributed by atoms with Gasteiger partial charge in [-0.25, -0.2) is 4.39 Å². The van der Waals surface area contributed by atoms with Crippen LogP contribution in [-0.2, 0) is 15.6 Å². The van der Waals surface area contributed by atoms with E-state index in [1.54, 1.807) is 30.3 Å². The third kappa shape index (κ3) is 5.54. The highest BCUT2D eigenvalue weighted by atomic mass is 32.2. The lowest BCUT2D eigenvalue weighted by Gasteiger charge is -2.34. The van der Waals surface area contributed by atoms with Gasteiger partial charge in [0.1, 0.15) is 11.6 Å². The van der Waals surface area contributed by atoms with Crippen molar-refractivity contribution in [1.29, 1.82) is 0 Å². The van der Waals surface area contributed by atoms with Crippen molar-refractivity contribution in [3.8, 4) is 5.75 Å². The molecule has 0 bridgehead atoms. The van der Waals surface area contributed by atoms with E-state index in [4.69, 9.17) is 4.74 Å². The first-order valence-electron chi connectivity index (χ1n) is 11.3. The van der Waals surface area contributed by atoms with E-state index in [1.807, 2.05) is 6.07 Å². The van der Waals surface area contributed by atoms with Gasteiger partial charge in [-0.15, -0.1) is 0 Å². The number of para-hydroxylation sites is 1. The van der Waals surface area contributed by atoms with E-state index in [9.17, 15) is 17.6 Å². The Labute approximate surface area is 194 Å². The fourth-order valence-corrected chi connectivity index (χ4v) is 5.97. The van der Waals surface area contributed by atoms with Gasteiger partial charge in [-0.05, 0) is 61.9 Å². The maximum absolute atomic E-state index is 14.2. The van der Waals surface area contributed by atoms with Crippen LogP contribution in [0, 0.1) is 5.82 Å². The SMILES string of the molecule is COc1ccccc1C(=O)NCC1(c2cccc(F)c2)CCCN(S(=O)(=O)NC2CC2)CC1. The Kier molecular flexibility index (Phi) is 7.02. The van der Waals surface area contributed by atoms with Gasteiger partial charge in [0, 0.05) is 31.1 Å². The fourth-order valence-electron chi connectivity index (χ4n) is 4.46. The number of hydrogen-bond acceptors (Lipinski definition) is 4. The van der Waals surface area contributed by atoms with Crippen molar-refractivity contribution in [2.45, 2.75) is 43.6 Å². The van der Waals surface area contributed by atoms with E-state index in [0.29, 0.717) is 43.7 Å². The number of benzene rings is 2. The van der Waals surface area contributed by atoms with Crippen LogP contribution in [0.2, 0.25) is 0 Å². The molecule has 2 aliphatic rings. The van der Waals surface area contributed by atoms with Crippen LogP contribution in [0.5, 0.6) is 5.75 Å². The molecule has 7 nitrogen and oxygen atoms in total. The zero-order valence-corrected chi connectivity index (χ0v) is 19.5. The molecule has 33 heavy (non-hydrogen) atoms. The molecule has 9 heteroatoms. The Morgan fingerprint density at radius 1 is 1.15 bits per heavy atom. The largest absolute Gasteiger partial charge is 0.496 e. The molecule has 2 aromatic carbocycles. The fraction of sp³-hybridized carbons (Fsp3) is 0.458. The molecule has 2 fully saturated rings. The third-order valence-electron chi connectivity index (χ3n) is 6.51. The second-order valence-corrected chi connectivity index (χ2v) is 10.5. The minimum atomic E-state index is -3.56. The number of ether oxygens (including phenoxy) is 1. The van der Waals surface area contributed by atoms with Gasteiger partial charge < -0.3 is 10.1 Å². The molecule has 2 N–H and O–H groups in total. The second-order valence-electron chi connectivity index (χ2n) is 8.82. The van der Waals surface area contributed by atoms with E-state index >= 15 is 0 Å². The quantitative estimate of drug-likeness (QED) is 0.615. The molecule has 1 unspecified atom stereocenters. The predicted octanol–water partition coefficient (Wildman–Crippen LogP) is 2.98. The van der Waals surface area contributed by atoms with Gasteiger partial charge >= 0.3 is 0 Å². The summed E-state index contributed by atoms with van der Waals surface area (Å²) in [4.78, 5) is 13.0. The van der Waals surface area contributed by atoms with E-state index in [-0.39, 0.29) is 24.3 Å². The number of amides is 1. The predicted molar refractivity (Wildman–Crippen MR) is 124 cm³/mol. The van der Waals surface area contributed by atoms with Gasteiger partial charge in [-0.3, -0.25) is 4.79 Å². The average molecular weight is 476 g/mol. The second kappa shape index (κ2) is 9.79. The van der Waals surface area contributed by atoms with Crippen molar-refractivity contribution in [1.82, 2.24) is 14.3 Å². The highest BCUT2D eigenvalue weighted by Crippen LogP contribution is 2.36. The molecule has 1 saturated heterocycles. The molecule has 1 atom stereocenters. The molecule has 178 valence electrons. The van der Waals surface area contributed by atoms with Crippen LogP contribution in [0.15, 0.2) is 48.5 Å². The Morgan fingerprint density at radius 3 is 2.67 bits per heavy atom. The third-order valence-corrected chi connectivity index (χ3v) is 8.19. The zero-order valence-electron chi connectivity index (χ0n) is 18.7. The standard InChI is InChI=1S/C24H30FN3O4S/c1-32-22-9-3-2-8-21(22)23(29)26-17-24(18-6-4-7-19(25)16-18)12-5-14-28(15-13-24)33(30,31)27-20-10-11-20/h2-4,6-9,16,20,27H,5,10-15,17H2,1H3,(H,26,29). The van der Waals surface area contributed by atoms with E-state index in [1.165, 1.54) is 23.5 Å². The molecule has 1 aliphatic carbocycles. The normalized spacial score (nSPS) is 21.9. The van der Waals surface area contributed by atoms with Crippen molar-refractivity contribution < 1.29 is 22.3 Å². The highest BCUT2D eigenvalue weighted by molar-refractivity contribution is 7.87. The molecule has 2 aromatic rings. The topological polar surface area (TPSA) is 87.7 Å². The summed E-state index contributed by atoms with van der Waals surface area (Å²) >= 11 is 0. The first-order chi connectivity index (χ1) is 15.8. The van der Waals surface area contributed by atoms with Crippen LogP contribution in [0.25, 0.3) is 0 Å². The van der Waals surface area contributed by atoms with Crippen LogP contribution in [-0.4, -0.2) is 51.4 Å². The maximum atomic E-state index is 14.2. The van der Waals surface area contributed by atoms with E-state index < -0.39 is 15.6 Å². The molecule has 0 spiro atoms. The molecular weight excluding hydrogens is 445 g/mol. The molecule has 1 heterocycles. The Bertz CT molecular complexity index is 1110. The van der Waals surface area contributed by atoms with E-state index in [0.717, 1.165) is 18.4 Å². The van der Waals surface area contributed by atoms with E-state index in [2.05, 4.69) is 10.0 Å². The van der Waals surface area contributed by atoms with Gasteiger partial charge in [0.2, 0.25) is 0 Å². The number of methoxy groups -OCH3 is 1. The Hall–Kier alpha value is -2.49. The van der Waals surface area contributed by atoms with Crippen LogP contribution in [0.4, 0.5) is 4.39 Å². The van der Waals surface area contributed by atoms with Crippen LogP contribution < -0.4 is 14.8 Å². The summed E-state index contributed by atoms with van der Waals surface area (Å²) in [6.45, 7) is 0.944. The van der Waals surface area contributed by atoms with Gasteiger partial charge in [-0.1, -0.05) is 24.3 Å². The molecule has 0 radical (unpaired) electrons. The number of carbonyl (C=O) groups is 1. The number of halogens is 1. The number of rotatable bonds is 8. The summed E-state index contributed by atoms with van der Waals surface area (Å²) < 4.78 is 49.2. The number of nitrogens with one attached hydrogen (secondary N) is 2. The molecule has 1 saturated carbocycles. The first-order valence-corrected chi connectivity index (χ1v) is 12.7. The summed E-state index contributed by atoms with van der Waals surface area (Å²) in [5.74, 6) is -0.168. The lowest BCUT2D eigenvalue weighted by atomic mass is 9.74. The lowest BCUT2D eigenvalue weighted by molar-refractivity contribution is 0.0937. The minimum Gasteiger partial charge on any atom is -0.496 e. The van der Waals surface area contributed by atoms with Crippen molar-refractivity contribution in [3.63, 3.8) is 0 Å². The van der Waals surface area contributed by atoms with Crippen LogP contribution in [0.3, 0.4) is 0 Å². The maximum Gasteiger partial charge on any atom is 0.279 e. The molecule has 1 aliphatic heterocycles. The minimum absolute atomic E-state index is 0.0337. The summed E-state index contributed by atoms with van der Waals surface area (Å²) in [7, 11) is -2.05. The summed E-state index contributed by atoms with van der Waals surface area (Å²) in [5.41, 5.74) is 0.585. The van der Waals surface area contributed by atoms with Crippen LogP contribution in [0.1, 0.15) is 48.0 Å². The number of carbonyl (C=O) groups excluding carboxylic acids is 1. The summed E-state index contributed by atoms with van der Waals surface area (Å²) in [6, 6.07) is 13.4. The Balaban J connectivity index is 1.56. The smallest absolute Gasteiger partial charge is 0.279 e. The van der Waals surface area contributed by atoms with Crippen molar-refractivity contribution in [3.05, 3.63) is 65.5 Å². The molecule has 1 amide bonds. The number of nitrogens with zero attached hydrogens (tertiary/aromatic N) is 1. The Morgan fingerprint density at radius 2 is 1.94 bits per heavy atom. The first kappa shape index (κ1) is 23.7. The summed E-state index contributed by atoms with van der Waals surface area (Å²) in [5, 5.41) is 3.00. The van der Waals surface area contributed by atoms with Crippen molar-refractivity contribution in [2.75, 3.05) is 26.7 Å². The van der Waals surface area contributed by atoms with Crippen molar-refractivity contribution in [2.24, 2.45) is 0 Å². The highest BCUT2D eigenvalue weighted by Gasteiger charge is 2.39. The lowest BCUT2D eigenvalue weighted by Crippen LogP contribution is -2.44.